The Bertz CT molecular complexity index is 2780. The van der Waals surface area contributed by atoms with Crippen molar-refractivity contribution in [2.45, 2.75) is 19.0 Å². The van der Waals surface area contributed by atoms with Crippen molar-refractivity contribution in [1.82, 2.24) is 10.3 Å². The highest BCUT2D eigenvalue weighted by atomic mass is 32.1. The van der Waals surface area contributed by atoms with Crippen LogP contribution in [0.4, 0.5) is 0 Å². The average Bonchev–Trinajstić information content (AvgIpc) is 3.24. The molecular formula is C48H36N4S. The fourth-order valence-corrected chi connectivity index (χ4v) is 7.97. The molecule has 5 heteroatoms. The Hall–Kier alpha value is -6.43. The number of hydrogen-bond acceptors (Lipinski definition) is 5. The van der Waals surface area contributed by atoms with E-state index >= 15 is 0 Å². The zero-order valence-electron chi connectivity index (χ0n) is 29.1. The lowest BCUT2D eigenvalue weighted by molar-refractivity contribution is 0.684. The highest BCUT2D eigenvalue weighted by Gasteiger charge is 2.16. The first kappa shape index (κ1) is 32.5. The number of allylic oxidation sites excluding steroid dienone is 2. The van der Waals surface area contributed by atoms with Gasteiger partial charge in [-0.3, -0.25) is 4.98 Å². The molecule has 254 valence electrons. The summed E-state index contributed by atoms with van der Waals surface area (Å²) in [6.45, 7) is 0. The van der Waals surface area contributed by atoms with Gasteiger partial charge in [-0.25, -0.2) is 9.98 Å². The molecule has 0 spiro atoms. The van der Waals surface area contributed by atoms with E-state index in [2.05, 4.69) is 173 Å². The molecule has 0 saturated carbocycles. The molecular weight excluding hydrogens is 665 g/mol. The lowest BCUT2D eigenvalue weighted by Gasteiger charge is -2.20. The third kappa shape index (κ3) is 6.71. The van der Waals surface area contributed by atoms with Crippen molar-refractivity contribution in [1.29, 1.82) is 0 Å². The second kappa shape index (κ2) is 14.7. The molecule has 5 aromatic carbocycles. The molecule has 0 radical (unpaired) electrons. The van der Waals surface area contributed by atoms with Gasteiger partial charge in [0.05, 0.1) is 11.9 Å². The van der Waals surface area contributed by atoms with Gasteiger partial charge in [0.1, 0.15) is 6.17 Å². The third-order valence-electron chi connectivity index (χ3n) is 9.84. The molecule has 53 heavy (non-hydrogen) atoms. The number of amidine groups is 1. The molecule has 1 N–H and O–H groups in total. The Morgan fingerprint density at radius 2 is 1.38 bits per heavy atom. The van der Waals surface area contributed by atoms with Crippen LogP contribution in [0.25, 0.3) is 64.8 Å². The quantitative estimate of drug-likeness (QED) is 0.199. The predicted octanol–water partition coefficient (Wildman–Crippen LogP) is 12.6. The monoisotopic (exact) mass is 700 g/mol. The number of fused-ring (bicyclic) bond motifs is 6. The van der Waals surface area contributed by atoms with Crippen LogP contribution >= 0.6 is 11.3 Å². The summed E-state index contributed by atoms with van der Waals surface area (Å²) < 4.78 is 1.19. The lowest BCUT2D eigenvalue weighted by atomic mass is 9.98. The van der Waals surface area contributed by atoms with Crippen molar-refractivity contribution in [2.24, 2.45) is 9.98 Å². The maximum atomic E-state index is 5.00. The van der Waals surface area contributed by atoms with Gasteiger partial charge in [0.15, 0.2) is 5.84 Å². The zero-order chi connectivity index (χ0) is 35.4. The first-order valence-electron chi connectivity index (χ1n) is 18.0. The van der Waals surface area contributed by atoms with Gasteiger partial charge in [0.25, 0.3) is 0 Å². The van der Waals surface area contributed by atoms with Gasteiger partial charge >= 0.3 is 0 Å². The first-order chi connectivity index (χ1) is 26.3. The van der Waals surface area contributed by atoms with Crippen LogP contribution in [0.2, 0.25) is 0 Å². The normalized spacial score (nSPS) is 15.1. The molecule has 0 saturated heterocycles. The van der Waals surface area contributed by atoms with Crippen LogP contribution in [-0.4, -0.2) is 17.2 Å². The second-order valence-corrected chi connectivity index (χ2v) is 14.1. The molecule has 7 aromatic rings. The Morgan fingerprint density at radius 1 is 0.604 bits per heavy atom. The van der Waals surface area contributed by atoms with E-state index in [-0.39, 0.29) is 6.17 Å². The van der Waals surface area contributed by atoms with E-state index in [4.69, 9.17) is 9.98 Å². The van der Waals surface area contributed by atoms with Gasteiger partial charge < -0.3 is 5.32 Å². The molecule has 1 atom stereocenters. The number of aliphatic imine (C=N–C) groups is 2. The van der Waals surface area contributed by atoms with Gasteiger partial charge in [0, 0.05) is 32.8 Å². The van der Waals surface area contributed by atoms with Crippen LogP contribution in [0.5, 0.6) is 0 Å². The first-order valence-corrected chi connectivity index (χ1v) is 18.9. The molecule has 4 nitrogen and oxygen atoms in total. The number of rotatable bonds is 4. The standard InChI is InChI=1S/C48H36N4S/c1-2-13-36(14-3-1)47-50-32-51-48(52-47)39-17-8-16-37(30-39)38-26-27-45-44(31-38)43-22-7-6-21-42(43)40-20-5-4-12-33(40)24-25-34(19-11-29-53-45)41-23-9-15-35-18-10-28-49-46(35)41/h2,4-32,48H,1,3H2,(H,50,51,52). The van der Waals surface area contributed by atoms with Gasteiger partial charge in [-0.15, -0.1) is 11.3 Å². The van der Waals surface area contributed by atoms with Crippen molar-refractivity contribution in [3.05, 3.63) is 187 Å². The summed E-state index contributed by atoms with van der Waals surface area (Å²) in [7, 11) is 0. The van der Waals surface area contributed by atoms with Crippen LogP contribution in [0.15, 0.2) is 191 Å². The van der Waals surface area contributed by atoms with Gasteiger partial charge in [0.2, 0.25) is 0 Å². The van der Waals surface area contributed by atoms with E-state index in [1.165, 1.54) is 26.2 Å². The number of hydrogen-bond donors (Lipinski definition) is 1. The highest BCUT2D eigenvalue weighted by Crippen LogP contribution is 2.34. The minimum atomic E-state index is -0.208. The predicted molar refractivity (Wildman–Crippen MR) is 227 cm³/mol. The van der Waals surface area contributed by atoms with Crippen LogP contribution in [0, 0.1) is 0 Å². The topological polar surface area (TPSA) is 49.6 Å². The molecule has 1 aliphatic carbocycles. The summed E-state index contributed by atoms with van der Waals surface area (Å²) >= 11 is 1.74. The van der Waals surface area contributed by atoms with Crippen LogP contribution in [0.1, 0.15) is 24.6 Å². The molecule has 2 aliphatic rings. The third-order valence-corrected chi connectivity index (χ3v) is 10.7. The number of nitrogens with one attached hydrogen (secondary N) is 1. The summed E-state index contributed by atoms with van der Waals surface area (Å²) in [4.78, 5) is 14.3. The Labute approximate surface area is 312 Å². The fraction of sp³-hybridized carbons (Fsp3) is 0.0625. The molecule has 9 rings (SSSR count). The van der Waals surface area contributed by atoms with Crippen molar-refractivity contribution in [3.8, 4) is 22.3 Å². The van der Waals surface area contributed by atoms with Crippen molar-refractivity contribution in [2.75, 3.05) is 0 Å². The summed E-state index contributed by atoms with van der Waals surface area (Å²) in [5.41, 5.74) is 7.68. The Kier molecular flexibility index (Phi) is 8.99. The molecule has 1 aliphatic heterocycles. The largest absolute Gasteiger partial charge is 0.351 e. The maximum absolute atomic E-state index is 5.00. The van der Waals surface area contributed by atoms with Gasteiger partial charge in [-0.1, -0.05) is 140 Å². The van der Waals surface area contributed by atoms with E-state index in [0.29, 0.717) is 0 Å². The SMILES string of the molecule is C1=CC(C2=NC(c3cccc(-c4ccc5scccc(-c6cccc7cccnc67)ccc6ccccc6c6ccccc6c5c4)c3)NC=N2)=CCC1. The zero-order valence-corrected chi connectivity index (χ0v) is 29.9. The molecule has 0 fully saturated rings. The number of nitrogens with zero attached hydrogens (tertiary/aromatic N) is 3. The van der Waals surface area contributed by atoms with E-state index in [9.17, 15) is 0 Å². The van der Waals surface area contributed by atoms with Gasteiger partial charge in [-0.05, 0) is 86.3 Å². The molecule has 2 aromatic heterocycles. The number of benzene rings is 5. The number of pyridine rings is 1. The minimum Gasteiger partial charge on any atom is -0.351 e. The van der Waals surface area contributed by atoms with Crippen molar-refractivity contribution >= 4 is 66.0 Å². The molecule has 3 heterocycles. The molecule has 0 amide bonds. The van der Waals surface area contributed by atoms with Crippen molar-refractivity contribution in [3.63, 3.8) is 0 Å². The summed E-state index contributed by atoms with van der Waals surface area (Å²) in [6.07, 6.45) is 12.1. The maximum Gasteiger partial charge on any atom is 0.158 e. The summed E-state index contributed by atoms with van der Waals surface area (Å²) in [5.74, 6) is 0.776. The van der Waals surface area contributed by atoms with E-state index in [0.717, 1.165) is 68.4 Å². The minimum absolute atomic E-state index is 0.208. The van der Waals surface area contributed by atoms with E-state index in [1.54, 1.807) is 17.7 Å². The number of aromatic nitrogens is 1. The Morgan fingerprint density at radius 3 is 2.28 bits per heavy atom. The Balaban J connectivity index is 1.23. The smallest absolute Gasteiger partial charge is 0.158 e. The number of para-hydroxylation sites is 1. The van der Waals surface area contributed by atoms with Gasteiger partial charge in [-0.2, -0.15) is 0 Å². The fourth-order valence-electron chi connectivity index (χ4n) is 7.22. The van der Waals surface area contributed by atoms with Crippen molar-refractivity contribution < 1.29 is 0 Å². The molecule has 1 unspecified atom stereocenters. The highest BCUT2D eigenvalue weighted by molar-refractivity contribution is 7.16. The average molecular weight is 701 g/mol. The van der Waals surface area contributed by atoms with E-state index in [1.807, 2.05) is 12.3 Å². The lowest BCUT2D eigenvalue weighted by Crippen LogP contribution is -2.24. The molecule has 0 bridgehead atoms. The second-order valence-electron chi connectivity index (χ2n) is 13.2. The van der Waals surface area contributed by atoms with Crippen LogP contribution in [0.3, 0.4) is 0 Å². The van der Waals surface area contributed by atoms with E-state index < -0.39 is 0 Å². The summed E-state index contributed by atoms with van der Waals surface area (Å²) in [6, 6.07) is 52.3. The summed E-state index contributed by atoms with van der Waals surface area (Å²) in [5, 5.41) is 12.6. The van der Waals surface area contributed by atoms with Crippen LogP contribution in [-0.2, 0) is 0 Å². The van der Waals surface area contributed by atoms with Crippen LogP contribution < -0.4 is 5.32 Å².